The zero-order chi connectivity index (χ0) is 8.48. The lowest BCUT2D eigenvalue weighted by molar-refractivity contribution is -0.0176. The summed E-state index contributed by atoms with van der Waals surface area (Å²) < 4.78 is 24.9. The number of aliphatic hydroxyl groups is 1. The molecule has 11 heavy (non-hydrogen) atoms. The Morgan fingerprint density at radius 1 is 1.55 bits per heavy atom. The standard InChI is InChI=1S/C7H12F2OS/c1-7(8,9)2-5-3-11-4-6(5)10/h5-6,10H,2-4H2,1H3. The Labute approximate surface area is 69.2 Å². The van der Waals surface area contributed by atoms with Crippen molar-refractivity contribution in [1.29, 1.82) is 0 Å². The van der Waals surface area contributed by atoms with E-state index in [0.29, 0.717) is 11.5 Å². The molecule has 1 N–H and O–H groups in total. The number of thioether (sulfide) groups is 1. The summed E-state index contributed by atoms with van der Waals surface area (Å²) in [4.78, 5) is 0. The van der Waals surface area contributed by atoms with E-state index in [2.05, 4.69) is 0 Å². The first-order valence-corrected chi connectivity index (χ1v) is 4.78. The Hall–Kier alpha value is 0.170. The second-order valence-electron chi connectivity index (χ2n) is 3.14. The number of halogens is 2. The Morgan fingerprint density at radius 3 is 2.55 bits per heavy atom. The summed E-state index contributed by atoms with van der Waals surface area (Å²) in [5, 5.41) is 9.20. The highest BCUT2D eigenvalue weighted by Gasteiger charge is 2.34. The summed E-state index contributed by atoms with van der Waals surface area (Å²) in [5.41, 5.74) is 0. The van der Waals surface area contributed by atoms with Gasteiger partial charge in [-0.2, -0.15) is 11.8 Å². The predicted molar refractivity (Wildman–Crippen MR) is 42.1 cm³/mol. The number of hydrogen-bond acceptors (Lipinski definition) is 2. The van der Waals surface area contributed by atoms with Crippen molar-refractivity contribution >= 4 is 11.8 Å². The van der Waals surface area contributed by atoms with Crippen molar-refractivity contribution in [3.8, 4) is 0 Å². The predicted octanol–water partition coefficient (Wildman–Crippen LogP) is 1.76. The summed E-state index contributed by atoms with van der Waals surface area (Å²) in [6.45, 7) is 0.905. The van der Waals surface area contributed by atoms with Crippen molar-refractivity contribution in [3.63, 3.8) is 0 Å². The molecule has 1 aliphatic heterocycles. The lowest BCUT2D eigenvalue weighted by Crippen LogP contribution is -2.25. The minimum absolute atomic E-state index is 0.179. The van der Waals surface area contributed by atoms with Crippen LogP contribution < -0.4 is 0 Å². The van der Waals surface area contributed by atoms with Gasteiger partial charge in [-0.1, -0.05) is 0 Å². The second kappa shape index (κ2) is 3.27. The highest BCUT2D eigenvalue weighted by molar-refractivity contribution is 7.99. The van der Waals surface area contributed by atoms with Gasteiger partial charge in [0, 0.05) is 18.1 Å². The summed E-state index contributed by atoms with van der Waals surface area (Å²) >= 11 is 1.55. The van der Waals surface area contributed by atoms with Gasteiger partial charge in [0.1, 0.15) is 0 Å². The molecule has 66 valence electrons. The molecule has 0 amide bonds. The van der Waals surface area contributed by atoms with Gasteiger partial charge in [0.25, 0.3) is 0 Å². The molecule has 2 atom stereocenters. The van der Waals surface area contributed by atoms with E-state index in [1.807, 2.05) is 0 Å². The van der Waals surface area contributed by atoms with E-state index < -0.39 is 12.0 Å². The van der Waals surface area contributed by atoms with Gasteiger partial charge in [-0.3, -0.25) is 0 Å². The molecule has 0 radical (unpaired) electrons. The third kappa shape index (κ3) is 2.95. The highest BCUT2D eigenvalue weighted by Crippen LogP contribution is 2.32. The Bertz CT molecular complexity index is 135. The number of alkyl halides is 2. The fourth-order valence-corrected chi connectivity index (χ4v) is 2.54. The molecule has 0 aromatic rings. The summed E-state index contributed by atoms with van der Waals surface area (Å²) in [6, 6.07) is 0. The summed E-state index contributed by atoms with van der Waals surface area (Å²) in [6.07, 6.45) is -0.702. The molecule has 1 nitrogen and oxygen atoms in total. The first-order valence-electron chi connectivity index (χ1n) is 3.63. The molecule has 1 saturated heterocycles. The van der Waals surface area contributed by atoms with E-state index in [1.165, 1.54) is 0 Å². The van der Waals surface area contributed by atoms with Crippen LogP contribution in [0.1, 0.15) is 13.3 Å². The molecule has 1 aliphatic rings. The average Bonchev–Trinajstić information content (AvgIpc) is 2.12. The highest BCUT2D eigenvalue weighted by atomic mass is 32.2. The van der Waals surface area contributed by atoms with Crippen LogP contribution in [-0.2, 0) is 0 Å². The SMILES string of the molecule is CC(F)(F)CC1CSCC1O. The van der Waals surface area contributed by atoms with Crippen molar-refractivity contribution in [3.05, 3.63) is 0 Å². The van der Waals surface area contributed by atoms with Crippen LogP contribution >= 0.6 is 11.8 Å². The molecule has 2 unspecified atom stereocenters. The number of hydrogen-bond donors (Lipinski definition) is 1. The molecule has 0 aromatic carbocycles. The van der Waals surface area contributed by atoms with Crippen LogP contribution in [-0.4, -0.2) is 28.6 Å². The van der Waals surface area contributed by atoms with Gasteiger partial charge in [-0.05, 0) is 12.7 Å². The van der Waals surface area contributed by atoms with Gasteiger partial charge >= 0.3 is 0 Å². The second-order valence-corrected chi connectivity index (χ2v) is 4.21. The van der Waals surface area contributed by atoms with E-state index in [-0.39, 0.29) is 12.3 Å². The number of rotatable bonds is 2. The topological polar surface area (TPSA) is 20.2 Å². The molecule has 0 aromatic heterocycles. The third-order valence-corrected chi connectivity index (χ3v) is 3.03. The van der Waals surface area contributed by atoms with E-state index >= 15 is 0 Å². The molecule has 1 fully saturated rings. The van der Waals surface area contributed by atoms with Crippen LogP contribution in [0.3, 0.4) is 0 Å². The fourth-order valence-electron chi connectivity index (χ4n) is 1.24. The van der Waals surface area contributed by atoms with E-state index in [0.717, 1.165) is 6.92 Å². The van der Waals surface area contributed by atoms with Crippen LogP contribution in [0.15, 0.2) is 0 Å². The lowest BCUT2D eigenvalue weighted by Gasteiger charge is -2.17. The van der Waals surface area contributed by atoms with Crippen molar-refractivity contribution in [1.82, 2.24) is 0 Å². The van der Waals surface area contributed by atoms with Gasteiger partial charge in [0.2, 0.25) is 5.92 Å². The average molecular weight is 182 g/mol. The molecular weight excluding hydrogens is 170 g/mol. The van der Waals surface area contributed by atoms with E-state index in [4.69, 9.17) is 0 Å². The monoisotopic (exact) mass is 182 g/mol. The van der Waals surface area contributed by atoms with Crippen molar-refractivity contribution in [2.75, 3.05) is 11.5 Å². The van der Waals surface area contributed by atoms with Crippen LogP contribution in [0.5, 0.6) is 0 Å². The van der Waals surface area contributed by atoms with E-state index in [1.54, 1.807) is 11.8 Å². The number of aliphatic hydroxyl groups excluding tert-OH is 1. The maximum Gasteiger partial charge on any atom is 0.245 e. The van der Waals surface area contributed by atoms with E-state index in [9.17, 15) is 13.9 Å². The molecule has 0 bridgehead atoms. The van der Waals surface area contributed by atoms with Crippen molar-refractivity contribution in [2.24, 2.45) is 5.92 Å². The van der Waals surface area contributed by atoms with Crippen LogP contribution in [0.2, 0.25) is 0 Å². The van der Waals surface area contributed by atoms with Crippen LogP contribution in [0.25, 0.3) is 0 Å². The van der Waals surface area contributed by atoms with Crippen LogP contribution in [0.4, 0.5) is 8.78 Å². The first-order chi connectivity index (χ1) is 4.99. The molecule has 0 aliphatic carbocycles. The fraction of sp³-hybridized carbons (Fsp3) is 1.00. The van der Waals surface area contributed by atoms with Gasteiger partial charge in [-0.15, -0.1) is 0 Å². The maximum absolute atomic E-state index is 12.4. The molecule has 0 spiro atoms. The largest absolute Gasteiger partial charge is 0.392 e. The minimum atomic E-state index is -2.63. The Kier molecular flexibility index (Phi) is 2.75. The summed E-state index contributed by atoms with van der Waals surface area (Å²) in [5.74, 6) is -1.55. The van der Waals surface area contributed by atoms with Crippen molar-refractivity contribution < 1.29 is 13.9 Å². The third-order valence-electron chi connectivity index (χ3n) is 1.79. The molecule has 1 rings (SSSR count). The lowest BCUT2D eigenvalue weighted by atomic mass is 9.99. The van der Waals surface area contributed by atoms with Crippen LogP contribution in [0, 0.1) is 5.92 Å². The smallest absolute Gasteiger partial charge is 0.245 e. The Morgan fingerprint density at radius 2 is 2.18 bits per heavy atom. The molecule has 4 heteroatoms. The molecule has 1 heterocycles. The van der Waals surface area contributed by atoms with Gasteiger partial charge in [-0.25, -0.2) is 8.78 Å². The minimum Gasteiger partial charge on any atom is -0.392 e. The van der Waals surface area contributed by atoms with Gasteiger partial charge in [0.15, 0.2) is 0 Å². The quantitative estimate of drug-likeness (QED) is 0.702. The van der Waals surface area contributed by atoms with Crippen molar-refractivity contribution in [2.45, 2.75) is 25.4 Å². The molecular formula is C7H12F2OS. The molecule has 0 saturated carbocycles. The first kappa shape index (κ1) is 9.26. The summed E-state index contributed by atoms with van der Waals surface area (Å²) in [7, 11) is 0. The van der Waals surface area contributed by atoms with Gasteiger partial charge < -0.3 is 5.11 Å². The Balaban J connectivity index is 2.37. The normalized spacial score (nSPS) is 32.7. The zero-order valence-corrected chi connectivity index (χ0v) is 7.20. The van der Waals surface area contributed by atoms with Gasteiger partial charge in [0.05, 0.1) is 6.10 Å². The maximum atomic E-state index is 12.4. The zero-order valence-electron chi connectivity index (χ0n) is 6.39.